The van der Waals surface area contributed by atoms with E-state index in [0.29, 0.717) is 18.0 Å². The van der Waals surface area contributed by atoms with Crippen molar-refractivity contribution >= 4 is 40.7 Å². The summed E-state index contributed by atoms with van der Waals surface area (Å²) in [6.45, 7) is 4.43. The minimum absolute atomic E-state index is 0.0149. The number of carbonyl (C=O) groups excluding carboxylic acids is 1. The molecule has 0 spiro atoms. The zero-order valence-electron chi connectivity index (χ0n) is 11.6. The Hall–Kier alpha value is -0.440. The number of nitrogens with one attached hydrogen (secondary N) is 1. The molecule has 2 rings (SSSR count). The molecule has 1 aliphatic carbocycles. The van der Waals surface area contributed by atoms with Crippen molar-refractivity contribution in [2.24, 2.45) is 11.3 Å². The molecular weight excluding hydrogens is 317 g/mol. The van der Waals surface area contributed by atoms with Gasteiger partial charge < -0.3 is 5.32 Å². The Labute approximate surface area is 134 Å². The van der Waals surface area contributed by atoms with E-state index in [4.69, 9.17) is 34.8 Å². The standard InChI is InChI=1S/C15H18Cl3NO/c1-3-14(10(2)15(14,17)18)13(20)19-9-8-11-4-6-12(16)7-5-11/h4-7,10H,3,8-9H2,1-2H3,(H,19,20). The Morgan fingerprint density at radius 1 is 1.30 bits per heavy atom. The quantitative estimate of drug-likeness (QED) is 0.803. The number of carbonyl (C=O) groups is 1. The molecule has 0 aromatic heterocycles. The Morgan fingerprint density at radius 3 is 2.30 bits per heavy atom. The summed E-state index contributed by atoms with van der Waals surface area (Å²) in [5, 5.41) is 3.66. The van der Waals surface area contributed by atoms with Crippen LogP contribution in [-0.4, -0.2) is 16.8 Å². The molecule has 2 unspecified atom stereocenters. The summed E-state index contributed by atoms with van der Waals surface area (Å²) in [6.07, 6.45) is 1.41. The second kappa shape index (κ2) is 5.75. The van der Waals surface area contributed by atoms with Gasteiger partial charge >= 0.3 is 0 Å². The Balaban J connectivity index is 1.89. The third-order valence-electron chi connectivity index (χ3n) is 4.37. The first-order valence-electron chi connectivity index (χ1n) is 6.76. The van der Waals surface area contributed by atoms with Gasteiger partial charge in [-0.05, 0) is 30.5 Å². The van der Waals surface area contributed by atoms with Gasteiger partial charge in [0.2, 0.25) is 5.91 Å². The first-order valence-corrected chi connectivity index (χ1v) is 7.90. The van der Waals surface area contributed by atoms with Crippen molar-refractivity contribution in [2.75, 3.05) is 6.54 Å². The van der Waals surface area contributed by atoms with Crippen LogP contribution < -0.4 is 5.32 Å². The van der Waals surface area contributed by atoms with Crippen molar-refractivity contribution < 1.29 is 4.79 Å². The lowest BCUT2D eigenvalue weighted by molar-refractivity contribution is -0.126. The van der Waals surface area contributed by atoms with Crippen LogP contribution >= 0.6 is 34.8 Å². The molecule has 1 aromatic rings. The highest BCUT2D eigenvalue weighted by atomic mass is 35.5. The number of alkyl halides is 2. The third-order valence-corrected chi connectivity index (χ3v) is 5.95. The fourth-order valence-electron chi connectivity index (χ4n) is 2.82. The molecule has 0 radical (unpaired) electrons. The molecule has 0 saturated heterocycles. The summed E-state index contributed by atoms with van der Waals surface area (Å²) in [6, 6.07) is 7.60. The van der Waals surface area contributed by atoms with E-state index in [2.05, 4.69) is 5.32 Å². The number of benzene rings is 1. The second-order valence-corrected chi connectivity index (χ2v) is 7.12. The summed E-state index contributed by atoms with van der Waals surface area (Å²) < 4.78 is -0.938. The van der Waals surface area contributed by atoms with Gasteiger partial charge in [0.05, 0.1) is 5.41 Å². The highest BCUT2D eigenvalue weighted by molar-refractivity contribution is 6.53. The van der Waals surface area contributed by atoms with Crippen molar-refractivity contribution in [2.45, 2.75) is 31.0 Å². The minimum Gasteiger partial charge on any atom is -0.355 e. The predicted molar refractivity (Wildman–Crippen MR) is 84.5 cm³/mol. The fourth-order valence-corrected chi connectivity index (χ4v) is 3.98. The molecule has 1 aromatic carbocycles. The lowest BCUT2D eigenvalue weighted by Crippen LogP contribution is -2.36. The molecule has 2 nitrogen and oxygen atoms in total. The van der Waals surface area contributed by atoms with Gasteiger partial charge in [0.1, 0.15) is 4.33 Å². The highest BCUT2D eigenvalue weighted by Crippen LogP contribution is 2.70. The summed E-state index contributed by atoms with van der Waals surface area (Å²) in [7, 11) is 0. The largest absolute Gasteiger partial charge is 0.355 e. The van der Waals surface area contributed by atoms with Gasteiger partial charge in [0.25, 0.3) is 0 Å². The molecule has 2 atom stereocenters. The number of halogens is 3. The van der Waals surface area contributed by atoms with Crippen molar-refractivity contribution in [1.29, 1.82) is 0 Å². The van der Waals surface area contributed by atoms with Gasteiger partial charge in [0, 0.05) is 17.5 Å². The Bertz CT molecular complexity index is 500. The van der Waals surface area contributed by atoms with Gasteiger partial charge in [-0.3, -0.25) is 4.79 Å². The average Bonchev–Trinajstić information content (AvgIpc) is 2.86. The van der Waals surface area contributed by atoms with Gasteiger partial charge in [-0.1, -0.05) is 37.6 Å². The molecule has 110 valence electrons. The van der Waals surface area contributed by atoms with E-state index < -0.39 is 9.75 Å². The number of rotatable bonds is 5. The minimum atomic E-state index is -0.938. The zero-order chi connectivity index (χ0) is 15.0. The van der Waals surface area contributed by atoms with Crippen LogP contribution in [0.25, 0.3) is 0 Å². The van der Waals surface area contributed by atoms with Crippen molar-refractivity contribution in [3.8, 4) is 0 Å². The summed E-state index contributed by atoms with van der Waals surface area (Å²) in [5.74, 6) is -0.0645. The van der Waals surface area contributed by atoms with E-state index in [0.717, 1.165) is 12.0 Å². The normalized spacial score (nSPS) is 27.1. The average molecular weight is 335 g/mol. The molecule has 20 heavy (non-hydrogen) atoms. The zero-order valence-corrected chi connectivity index (χ0v) is 13.8. The van der Waals surface area contributed by atoms with Gasteiger partial charge in [-0.15, -0.1) is 23.2 Å². The van der Waals surface area contributed by atoms with Crippen LogP contribution in [0.4, 0.5) is 0 Å². The fraction of sp³-hybridized carbons (Fsp3) is 0.533. The van der Waals surface area contributed by atoms with E-state index in [-0.39, 0.29) is 11.8 Å². The van der Waals surface area contributed by atoms with Crippen LogP contribution in [0.2, 0.25) is 5.02 Å². The van der Waals surface area contributed by atoms with Gasteiger partial charge in [-0.25, -0.2) is 0 Å². The maximum Gasteiger partial charge on any atom is 0.229 e. The SMILES string of the molecule is CCC1(C(=O)NCCc2ccc(Cl)cc2)C(C)C1(Cl)Cl. The van der Waals surface area contributed by atoms with E-state index in [9.17, 15) is 4.79 Å². The lowest BCUT2D eigenvalue weighted by Gasteiger charge is -2.16. The maximum absolute atomic E-state index is 12.3. The van der Waals surface area contributed by atoms with Crippen LogP contribution in [0.3, 0.4) is 0 Å². The number of amides is 1. The molecule has 1 fully saturated rings. The van der Waals surface area contributed by atoms with E-state index in [1.165, 1.54) is 0 Å². The number of hydrogen-bond donors (Lipinski definition) is 1. The molecule has 1 amide bonds. The maximum atomic E-state index is 12.3. The molecule has 1 N–H and O–H groups in total. The predicted octanol–water partition coefficient (Wildman–Crippen LogP) is 4.22. The molecule has 1 aliphatic rings. The van der Waals surface area contributed by atoms with Gasteiger partial charge in [-0.2, -0.15) is 0 Å². The van der Waals surface area contributed by atoms with Gasteiger partial charge in [0.15, 0.2) is 0 Å². The first kappa shape index (κ1) is 15.9. The van der Waals surface area contributed by atoms with Crippen molar-refractivity contribution in [1.82, 2.24) is 5.32 Å². The second-order valence-electron chi connectivity index (χ2n) is 5.30. The van der Waals surface area contributed by atoms with Crippen LogP contribution in [0.1, 0.15) is 25.8 Å². The molecule has 0 heterocycles. The topological polar surface area (TPSA) is 29.1 Å². The van der Waals surface area contributed by atoms with E-state index in [1.54, 1.807) is 0 Å². The van der Waals surface area contributed by atoms with Crippen LogP contribution in [0.15, 0.2) is 24.3 Å². The molecule has 5 heteroatoms. The summed E-state index contributed by atoms with van der Waals surface area (Å²) in [4.78, 5) is 12.3. The summed E-state index contributed by atoms with van der Waals surface area (Å²) in [5.41, 5.74) is 0.489. The van der Waals surface area contributed by atoms with Crippen LogP contribution in [-0.2, 0) is 11.2 Å². The summed E-state index contributed by atoms with van der Waals surface area (Å²) >= 11 is 18.3. The first-order chi connectivity index (χ1) is 9.36. The third kappa shape index (κ3) is 2.54. The highest BCUT2D eigenvalue weighted by Gasteiger charge is 2.76. The molecule has 0 bridgehead atoms. The van der Waals surface area contributed by atoms with E-state index in [1.807, 2.05) is 38.1 Å². The lowest BCUT2D eigenvalue weighted by atomic mass is 9.99. The monoisotopic (exact) mass is 333 g/mol. The number of hydrogen-bond acceptors (Lipinski definition) is 1. The van der Waals surface area contributed by atoms with Crippen LogP contribution in [0.5, 0.6) is 0 Å². The van der Waals surface area contributed by atoms with Crippen LogP contribution in [0, 0.1) is 11.3 Å². The van der Waals surface area contributed by atoms with Crippen molar-refractivity contribution in [3.05, 3.63) is 34.9 Å². The molecular formula is C15H18Cl3NO. The van der Waals surface area contributed by atoms with E-state index >= 15 is 0 Å². The Kier molecular flexibility index (Phi) is 4.58. The molecule has 1 saturated carbocycles. The smallest absolute Gasteiger partial charge is 0.229 e. The molecule has 0 aliphatic heterocycles. The van der Waals surface area contributed by atoms with Crippen molar-refractivity contribution in [3.63, 3.8) is 0 Å². The Morgan fingerprint density at radius 2 is 1.85 bits per heavy atom.